The monoisotopic (exact) mass is 272 g/mol. The number of hydrogen-bond acceptors (Lipinski definition) is 4. The Balaban J connectivity index is 2.22. The van der Waals surface area contributed by atoms with Crippen LogP contribution in [0.15, 0.2) is 36.4 Å². The first-order valence-electron chi connectivity index (χ1n) is 6.11. The molecule has 6 heteroatoms. The van der Waals surface area contributed by atoms with E-state index >= 15 is 0 Å². The van der Waals surface area contributed by atoms with Crippen molar-refractivity contribution >= 4 is 5.65 Å². The lowest BCUT2D eigenvalue weighted by Crippen LogP contribution is -2.05. The Bertz CT molecular complexity index is 752. The van der Waals surface area contributed by atoms with Gasteiger partial charge >= 0.3 is 0 Å². The number of ether oxygens (including phenoxy) is 1. The Morgan fingerprint density at radius 2 is 1.95 bits per heavy atom. The molecule has 0 aliphatic rings. The summed E-state index contributed by atoms with van der Waals surface area (Å²) in [7, 11) is 1.55. The topological polar surface area (TPSA) is 65.4 Å². The van der Waals surface area contributed by atoms with E-state index in [9.17, 15) is 4.39 Å². The number of nitrogens with two attached hydrogens (primary N) is 1. The van der Waals surface area contributed by atoms with Crippen LogP contribution in [0.4, 0.5) is 4.39 Å². The Morgan fingerprint density at radius 1 is 1.20 bits per heavy atom. The van der Waals surface area contributed by atoms with Crippen LogP contribution in [0, 0.1) is 5.82 Å². The van der Waals surface area contributed by atoms with E-state index < -0.39 is 0 Å². The second-order valence-corrected chi connectivity index (χ2v) is 4.26. The number of rotatable bonds is 3. The molecular weight excluding hydrogens is 259 g/mol. The molecule has 0 spiro atoms. The van der Waals surface area contributed by atoms with Gasteiger partial charge in [0.1, 0.15) is 5.82 Å². The lowest BCUT2D eigenvalue weighted by Gasteiger charge is -2.03. The van der Waals surface area contributed by atoms with Crippen molar-refractivity contribution in [2.75, 3.05) is 7.11 Å². The summed E-state index contributed by atoms with van der Waals surface area (Å²) in [6.07, 6.45) is 0. The summed E-state index contributed by atoms with van der Waals surface area (Å²) in [5.41, 5.74) is 8.74. The largest absolute Gasteiger partial charge is 0.480 e. The van der Waals surface area contributed by atoms with Crippen LogP contribution in [-0.4, -0.2) is 21.7 Å². The number of benzene rings is 1. The molecule has 0 saturated heterocycles. The van der Waals surface area contributed by atoms with Crippen molar-refractivity contribution in [3.8, 4) is 17.1 Å². The van der Waals surface area contributed by atoms with E-state index in [2.05, 4.69) is 10.1 Å². The number of halogens is 1. The van der Waals surface area contributed by atoms with Gasteiger partial charge in [0.05, 0.1) is 18.5 Å². The first-order chi connectivity index (χ1) is 9.72. The van der Waals surface area contributed by atoms with Crippen molar-refractivity contribution in [3.05, 3.63) is 47.9 Å². The third kappa shape index (κ3) is 2.00. The fraction of sp³-hybridized carbons (Fsp3) is 0.143. The third-order valence-electron chi connectivity index (χ3n) is 3.07. The smallest absolute Gasteiger partial charge is 0.231 e. The molecule has 2 aromatic heterocycles. The third-order valence-corrected chi connectivity index (χ3v) is 3.07. The van der Waals surface area contributed by atoms with Crippen molar-refractivity contribution in [2.45, 2.75) is 6.54 Å². The Morgan fingerprint density at radius 3 is 2.60 bits per heavy atom. The van der Waals surface area contributed by atoms with E-state index in [-0.39, 0.29) is 12.4 Å². The van der Waals surface area contributed by atoms with E-state index in [1.807, 2.05) is 0 Å². The van der Waals surface area contributed by atoms with Crippen molar-refractivity contribution in [3.63, 3.8) is 0 Å². The zero-order valence-corrected chi connectivity index (χ0v) is 10.9. The number of imidazole rings is 1. The minimum atomic E-state index is -0.286. The van der Waals surface area contributed by atoms with Crippen molar-refractivity contribution in [1.29, 1.82) is 0 Å². The van der Waals surface area contributed by atoms with Gasteiger partial charge in [-0.3, -0.25) is 0 Å². The predicted molar refractivity (Wildman–Crippen MR) is 72.8 cm³/mol. The van der Waals surface area contributed by atoms with Gasteiger partial charge < -0.3 is 10.5 Å². The van der Waals surface area contributed by atoms with Crippen LogP contribution in [-0.2, 0) is 6.54 Å². The van der Waals surface area contributed by atoms with E-state index in [1.165, 1.54) is 12.1 Å². The molecular formula is C14H13FN4O. The normalized spacial score (nSPS) is 10.9. The number of hydrogen-bond donors (Lipinski definition) is 1. The maximum atomic E-state index is 13.0. The molecule has 0 atom stereocenters. The molecule has 0 fully saturated rings. The van der Waals surface area contributed by atoms with Crippen molar-refractivity contribution < 1.29 is 9.13 Å². The van der Waals surface area contributed by atoms with Crippen LogP contribution in [0.3, 0.4) is 0 Å². The van der Waals surface area contributed by atoms with E-state index in [4.69, 9.17) is 10.5 Å². The van der Waals surface area contributed by atoms with Gasteiger partial charge in [0.25, 0.3) is 0 Å². The standard InChI is InChI=1S/C14H13FN4O/c1-20-13-7-6-12-17-14(11(8-16)19(12)18-13)9-2-4-10(15)5-3-9/h2-7H,8,16H2,1H3. The maximum absolute atomic E-state index is 13.0. The maximum Gasteiger partial charge on any atom is 0.231 e. The number of aromatic nitrogens is 3. The number of nitrogens with zero attached hydrogens (tertiary/aromatic N) is 3. The van der Waals surface area contributed by atoms with Crippen LogP contribution < -0.4 is 10.5 Å². The van der Waals surface area contributed by atoms with Gasteiger partial charge in [0.2, 0.25) is 5.88 Å². The summed E-state index contributed by atoms with van der Waals surface area (Å²) in [5, 5.41) is 4.31. The van der Waals surface area contributed by atoms with Crippen LogP contribution >= 0.6 is 0 Å². The van der Waals surface area contributed by atoms with Crippen LogP contribution in [0.25, 0.3) is 16.9 Å². The molecule has 0 unspecified atom stereocenters. The molecule has 0 aliphatic heterocycles. The number of methoxy groups -OCH3 is 1. The van der Waals surface area contributed by atoms with E-state index in [0.29, 0.717) is 17.2 Å². The van der Waals surface area contributed by atoms with Gasteiger partial charge in [-0.05, 0) is 30.3 Å². The summed E-state index contributed by atoms with van der Waals surface area (Å²) < 4.78 is 19.8. The first-order valence-corrected chi connectivity index (χ1v) is 6.11. The summed E-state index contributed by atoms with van der Waals surface area (Å²) in [5.74, 6) is 0.196. The van der Waals surface area contributed by atoms with Crippen LogP contribution in [0.2, 0.25) is 0 Å². The lowest BCUT2D eigenvalue weighted by atomic mass is 10.1. The SMILES string of the molecule is COc1ccc2nc(-c3ccc(F)cc3)c(CN)n2n1. The first kappa shape index (κ1) is 12.6. The summed E-state index contributed by atoms with van der Waals surface area (Å²) >= 11 is 0. The predicted octanol–water partition coefficient (Wildman–Crippen LogP) is 2.00. The highest BCUT2D eigenvalue weighted by Crippen LogP contribution is 2.24. The second kappa shape index (κ2) is 4.90. The lowest BCUT2D eigenvalue weighted by molar-refractivity contribution is 0.389. The highest BCUT2D eigenvalue weighted by molar-refractivity contribution is 5.66. The Labute approximate surface area is 114 Å². The van der Waals surface area contributed by atoms with E-state index in [1.54, 1.807) is 35.9 Å². The molecule has 3 rings (SSSR count). The molecule has 20 heavy (non-hydrogen) atoms. The van der Waals surface area contributed by atoms with Gasteiger partial charge in [0.15, 0.2) is 5.65 Å². The average Bonchev–Trinajstić information content (AvgIpc) is 2.85. The quantitative estimate of drug-likeness (QED) is 0.792. The molecule has 1 aromatic carbocycles. The van der Waals surface area contributed by atoms with Crippen molar-refractivity contribution in [1.82, 2.24) is 14.6 Å². The molecule has 102 valence electrons. The minimum absolute atomic E-state index is 0.272. The second-order valence-electron chi connectivity index (χ2n) is 4.26. The Kier molecular flexibility index (Phi) is 3.08. The van der Waals surface area contributed by atoms with Crippen LogP contribution in [0.1, 0.15) is 5.69 Å². The summed E-state index contributed by atoms with van der Waals surface area (Å²) in [6.45, 7) is 0.272. The van der Waals surface area contributed by atoms with Crippen LogP contribution in [0.5, 0.6) is 5.88 Å². The molecule has 0 amide bonds. The summed E-state index contributed by atoms with van der Waals surface area (Å²) in [4.78, 5) is 4.50. The van der Waals surface area contributed by atoms with Gasteiger partial charge in [0, 0.05) is 18.2 Å². The summed E-state index contributed by atoms with van der Waals surface area (Å²) in [6, 6.07) is 9.68. The number of fused-ring (bicyclic) bond motifs is 1. The molecule has 3 aromatic rings. The van der Waals surface area contributed by atoms with Gasteiger partial charge in [-0.25, -0.2) is 13.9 Å². The highest BCUT2D eigenvalue weighted by atomic mass is 19.1. The molecule has 2 N–H and O–H groups in total. The van der Waals surface area contributed by atoms with E-state index in [0.717, 1.165) is 11.3 Å². The van der Waals surface area contributed by atoms with Crippen molar-refractivity contribution in [2.24, 2.45) is 5.73 Å². The molecule has 2 heterocycles. The molecule has 5 nitrogen and oxygen atoms in total. The Hall–Kier alpha value is -2.47. The minimum Gasteiger partial charge on any atom is -0.480 e. The molecule has 0 saturated carbocycles. The fourth-order valence-electron chi connectivity index (χ4n) is 2.09. The van der Waals surface area contributed by atoms with Gasteiger partial charge in [-0.2, -0.15) is 0 Å². The zero-order valence-electron chi connectivity index (χ0n) is 10.9. The molecule has 0 aliphatic carbocycles. The molecule has 0 bridgehead atoms. The molecule has 0 radical (unpaired) electrons. The van der Waals surface area contributed by atoms with Gasteiger partial charge in [-0.1, -0.05) is 0 Å². The van der Waals surface area contributed by atoms with Gasteiger partial charge in [-0.15, -0.1) is 5.10 Å². The zero-order chi connectivity index (χ0) is 14.1. The fourth-order valence-corrected chi connectivity index (χ4v) is 2.09. The average molecular weight is 272 g/mol. The highest BCUT2D eigenvalue weighted by Gasteiger charge is 2.14.